The van der Waals surface area contributed by atoms with Crippen molar-refractivity contribution in [3.05, 3.63) is 22.7 Å². The molecule has 1 aromatic rings. The van der Waals surface area contributed by atoms with Crippen molar-refractivity contribution in [2.24, 2.45) is 11.1 Å². The van der Waals surface area contributed by atoms with E-state index >= 15 is 0 Å². The van der Waals surface area contributed by atoms with Crippen molar-refractivity contribution < 1.29 is 9.53 Å². The Labute approximate surface area is 123 Å². The molecule has 0 spiro atoms. The quantitative estimate of drug-likeness (QED) is 0.743. The van der Waals surface area contributed by atoms with E-state index in [4.69, 9.17) is 27.8 Å². The number of hydrogen-bond acceptors (Lipinski definition) is 4. The number of primary amides is 1. The zero-order chi connectivity index (χ0) is 14.8. The van der Waals surface area contributed by atoms with Crippen molar-refractivity contribution in [3.63, 3.8) is 0 Å². The Hall–Kier alpha value is -1.46. The van der Waals surface area contributed by atoms with Crippen LogP contribution in [0.15, 0.2) is 12.1 Å². The first kappa shape index (κ1) is 14.9. The third kappa shape index (κ3) is 3.35. The summed E-state index contributed by atoms with van der Waals surface area (Å²) in [5.74, 6) is -0.543. The summed E-state index contributed by atoms with van der Waals surface area (Å²) >= 11 is 6.17. The normalized spacial score (nSPS) is 17.7. The van der Waals surface area contributed by atoms with E-state index in [9.17, 15) is 4.79 Å². The molecule has 110 valence electrons. The molecule has 2 rings (SSSR count). The molecule has 0 aliphatic carbocycles. The van der Waals surface area contributed by atoms with E-state index in [-0.39, 0.29) is 5.41 Å². The topological polar surface area (TPSA) is 90.4 Å². The van der Waals surface area contributed by atoms with Crippen molar-refractivity contribution >= 4 is 28.9 Å². The van der Waals surface area contributed by atoms with E-state index in [2.05, 4.69) is 12.2 Å². The maximum atomic E-state index is 11.5. The van der Waals surface area contributed by atoms with Crippen LogP contribution in [0.25, 0.3) is 0 Å². The minimum absolute atomic E-state index is 0.123. The molecule has 0 atom stereocenters. The zero-order valence-corrected chi connectivity index (χ0v) is 12.3. The third-order valence-electron chi connectivity index (χ3n) is 3.77. The molecule has 1 fully saturated rings. The highest BCUT2D eigenvalue weighted by atomic mass is 35.5. The number of ether oxygens (including phenoxy) is 1. The molecule has 0 aromatic heterocycles. The van der Waals surface area contributed by atoms with Gasteiger partial charge in [-0.3, -0.25) is 4.79 Å². The number of hydrogen-bond donors (Lipinski definition) is 3. The van der Waals surface area contributed by atoms with Gasteiger partial charge in [0, 0.05) is 25.4 Å². The first-order chi connectivity index (χ1) is 9.41. The van der Waals surface area contributed by atoms with Crippen molar-refractivity contribution in [2.45, 2.75) is 19.8 Å². The number of benzene rings is 1. The molecule has 0 radical (unpaired) electrons. The number of rotatable bonds is 4. The first-order valence-electron chi connectivity index (χ1n) is 6.62. The Balaban J connectivity index is 2.18. The van der Waals surface area contributed by atoms with Gasteiger partial charge in [0.1, 0.15) is 0 Å². The Morgan fingerprint density at radius 2 is 2.10 bits per heavy atom. The predicted octanol–water partition coefficient (Wildman–Crippen LogP) is 2.25. The summed E-state index contributed by atoms with van der Waals surface area (Å²) in [6.45, 7) is 4.42. The Morgan fingerprint density at radius 3 is 2.70 bits per heavy atom. The van der Waals surface area contributed by atoms with Crippen LogP contribution in [-0.2, 0) is 4.74 Å². The average molecular weight is 298 g/mol. The summed E-state index contributed by atoms with van der Waals surface area (Å²) in [5, 5.41) is 3.67. The maximum Gasteiger partial charge on any atom is 0.250 e. The van der Waals surface area contributed by atoms with E-state index in [1.165, 1.54) is 0 Å². The zero-order valence-electron chi connectivity index (χ0n) is 11.5. The summed E-state index contributed by atoms with van der Waals surface area (Å²) in [5.41, 5.74) is 12.5. The summed E-state index contributed by atoms with van der Waals surface area (Å²) in [4.78, 5) is 11.5. The number of nitrogens with two attached hydrogens (primary N) is 2. The summed E-state index contributed by atoms with van der Waals surface area (Å²) < 4.78 is 5.37. The van der Waals surface area contributed by atoms with Crippen LogP contribution >= 0.6 is 11.6 Å². The van der Waals surface area contributed by atoms with Gasteiger partial charge in [0.2, 0.25) is 0 Å². The number of amides is 1. The molecule has 20 heavy (non-hydrogen) atoms. The van der Waals surface area contributed by atoms with Gasteiger partial charge in [0.25, 0.3) is 5.91 Å². The molecule has 1 amide bonds. The monoisotopic (exact) mass is 297 g/mol. The van der Waals surface area contributed by atoms with Gasteiger partial charge in [-0.2, -0.15) is 0 Å². The lowest BCUT2D eigenvalue weighted by Crippen LogP contribution is -2.33. The molecule has 1 aromatic carbocycles. The highest BCUT2D eigenvalue weighted by molar-refractivity contribution is 6.34. The van der Waals surface area contributed by atoms with Crippen molar-refractivity contribution in [1.29, 1.82) is 0 Å². The highest BCUT2D eigenvalue weighted by Gasteiger charge is 2.28. The van der Waals surface area contributed by atoms with Crippen LogP contribution in [0.5, 0.6) is 0 Å². The standard InChI is InChI=1S/C14H20ClN3O2/c1-14(2-4-20-5-3-14)8-18-12-10(13(17)19)6-9(16)7-11(12)15/h6-7,18H,2-5,8,16H2,1H3,(H2,17,19). The molecule has 1 aliphatic heterocycles. The molecule has 1 saturated heterocycles. The molecule has 1 heterocycles. The molecule has 5 N–H and O–H groups in total. The highest BCUT2D eigenvalue weighted by Crippen LogP contribution is 2.33. The van der Waals surface area contributed by atoms with E-state index < -0.39 is 5.91 Å². The second kappa shape index (κ2) is 5.89. The van der Waals surface area contributed by atoms with Gasteiger partial charge >= 0.3 is 0 Å². The summed E-state index contributed by atoms with van der Waals surface area (Å²) in [6, 6.07) is 3.16. The molecule has 5 nitrogen and oxygen atoms in total. The number of halogens is 1. The molecule has 0 saturated carbocycles. The average Bonchev–Trinajstić information content (AvgIpc) is 2.37. The summed E-state index contributed by atoms with van der Waals surface area (Å²) in [7, 11) is 0. The lowest BCUT2D eigenvalue weighted by molar-refractivity contribution is 0.0300. The van der Waals surface area contributed by atoms with E-state index in [1.807, 2.05) is 0 Å². The largest absolute Gasteiger partial charge is 0.399 e. The van der Waals surface area contributed by atoms with Crippen LogP contribution in [0, 0.1) is 5.41 Å². The molecular formula is C14H20ClN3O2. The molecule has 1 aliphatic rings. The Morgan fingerprint density at radius 1 is 1.45 bits per heavy atom. The fraction of sp³-hybridized carbons (Fsp3) is 0.500. The second-order valence-corrected chi connectivity index (χ2v) is 5.97. The van der Waals surface area contributed by atoms with Crippen molar-refractivity contribution in [2.75, 3.05) is 30.8 Å². The number of carbonyl (C=O) groups excluding carboxylic acids is 1. The van der Waals surface area contributed by atoms with Gasteiger partial charge < -0.3 is 21.5 Å². The molecule has 0 unspecified atom stereocenters. The summed E-state index contributed by atoms with van der Waals surface area (Å²) in [6.07, 6.45) is 1.94. The lowest BCUT2D eigenvalue weighted by atomic mass is 9.82. The smallest absolute Gasteiger partial charge is 0.250 e. The number of nitrogen functional groups attached to an aromatic ring is 1. The second-order valence-electron chi connectivity index (χ2n) is 5.57. The van der Waals surface area contributed by atoms with E-state index in [0.29, 0.717) is 28.5 Å². The molecule has 6 heteroatoms. The number of carbonyl (C=O) groups is 1. The SMILES string of the molecule is CC1(CNc2c(Cl)cc(N)cc2C(N)=O)CCOCC1. The van der Waals surface area contributed by atoms with Gasteiger partial charge in [-0.1, -0.05) is 18.5 Å². The third-order valence-corrected chi connectivity index (χ3v) is 4.07. The molecule has 0 bridgehead atoms. The Kier molecular flexibility index (Phi) is 4.40. The molecular weight excluding hydrogens is 278 g/mol. The Bertz CT molecular complexity index is 513. The number of anilines is 2. The van der Waals surface area contributed by atoms with Crippen LogP contribution in [0.4, 0.5) is 11.4 Å². The fourth-order valence-electron chi connectivity index (χ4n) is 2.34. The minimum atomic E-state index is -0.543. The van der Waals surface area contributed by atoms with Crippen LogP contribution in [0.1, 0.15) is 30.1 Å². The van der Waals surface area contributed by atoms with Crippen molar-refractivity contribution in [3.8, 4) is 0 Å². The van der Waals surface area contributed by atoms with Gasteiger partial charge in [0.05, 0.1) is 16.3 Å². The van der Waals surface area contributed by atoms with Crippen LogP contribution in [0.3, 0.4) is 0 Å². The van der Waals surface area contributed by atoms with E-state index in [0.717, 1.165) is 26.1 Å². The van der Waals surface area contributed by atoms with Crippen LogP contribution < -0.4 is 16.8 Å². The minimum Gasteiger partial charge on any atom is -0.399 e. The van der Waals surface area contributed by atoms with Gasteiger partial charge in [-0.15, -0.1) is 0 Å². The fourth-order valence-corrected chi connectivity index (χ4v) is 2.64. The lowest BCUT2D eigenvalue weighted by Gasteiger charge is -2.34. The van der Waals surface area contributed by atoms with Gasteiger partial charge in [-0.05, 0) is 30.4 Å². The van der Waals surface area contributed by atoms with E-state index in [1.54, 1.807) is 12.1 Å². The number of nitrogens with one attached hydrogen (secondary N) is 1. The predicted molar refractivity (Wildman–Crippen MR) is 81.0 cm³/mol. The van der Waals surface area contributed by atoms with Crippen molar-refractivity contribution in [1.82, 2.24) is 0 Å². The van der Waals surface area contributed by atoms with Crippen LogP contribution in [-0.4, -0.2) is 25.7 Å². The van der Waals surface area contributed by atoms with Gasteiger partial charge in [-0.25, -0.2) is 0 Å². The maximum absolute atomic E-state index is 11.5. The first-order valence-corrected chi connectivity index (χ1v) is 6.99. The van der Waals surface area contributed by atoms with Gasteiger partial charge in [0.15, 0.2) is 0 Å². The van der Waals surface area contributed by atoms with Crippen LogP contribution in [0.2, 0.25) is 5.02 Å².